The predicted octanol–water partition coefficient (Wildman–Crippen LogP) is 4.39. The lowest BCUT2D eigenvalue weighted by molar-refractivity contribution is -0.125. The molecule has 0 unspecified atom stereocenters. The summed E-state index contributed by atoms with van der Waals surface area (Å²) in [6, 6.07) is 16.3. The van der Waals surface area contributed by atoms with E-state index < -0.39 is 0 Å². The maximum absolute atomic E-state index is 12.5. The highest BCUT2D eigenvalue weighted by molar-refractivity contribution is 7.10. The Morgan fingerprint density at radius 1 is 1.19 bits per heavy atom. The molecule has 0 saturated heterocycles. The smallest absolute Gasteiger partial charge is 0.235 e. The van der Waals surface area contributed by atoms with Gasteiger partial charge in [-0.05, 0) is 29.5 Å². The second-order valence-corrected chi connectivity index (χ2v) is 7.27. The number of hydrogen-bond acceptors (Lipinski definition) is 3. The lowest BCUT2D eigenvalue weighted by atomic mass is 10.1. The van der Waals surface area contributed by atoms with E-state index in [2.05, 4.69) is 28.4 Å². The van der Waals surface area contributed by atoms with Crippen molar-refractivity contribution in [3.8, 4) is 0 Å². The minimum absolute atomic E-state index is 0.0703. The summed E-state index contributed by atoms with van der Waals surface area (Å²) in [6.07, 6.45) is 7.77. The molecule has 130 valence electrons. The Morgan fingerprint density at radius 3 is 2.88 bits per heavy atom. The first-order valence-corrected chi connectivity index (χ1v) is 9.45. The Labute approximate surface area is 156 Å². The van der Waals surface area contributed by atoms with Crippen LogP contribution in [0, 0.1) is 0 Å². The second-order valence-electron chi connectivity index (χ2n) is 6.24. The molecule has 3 heterocycles. The molecule has 3 aromatic rings. The van der Waals surface area contributed by atoms with Gasteiger partial charge in [-0.25, -0.2) is 0 Å². The van der Waals surface area contributed by atoms with Crippen LogP contribution in [0.15, 0.2) is 72.4 Å². The van der Waals surface area contributed by atoms with Gasteiger partial charge < -0.3 is 0 Å². The van der Waals surface area contributed by atoms with Crippen molar-refractivity contribution in [2.75, 3.05) is 0 Å². The summed E-state index contributed by atoms with van der Waals surface area (Å²) in [6.45, 7) is 0. The third kappa shape index (κ3) is 3.83. The maximum atomic E-state index is 12.5. The van der Waals surface area contributed by atoms with Crippen LogP contribution in [0.3, 0.4) is 0 Å². The van der Waals surface area contributed by atoms with Crippen molar-refractivity contribution in [1.29, 1.82) is 0 Å². The average Bonchev–Trinajstić information content (AvgIpc) is 3.35. The van der Waals surface area contributed by atoms with Gasteiger partial charge in [-0.2, -0.15) is 5.10 Å². The van der Waals surface area contributed by atoms with Crippen molar-refractivity contribution < 1.29 is 4.79 Å². The van der Waals surface area contributed by atoms with Crippen molar-refractivity contribution in [3.05, 3.63) is 94.2 Å². The van der Waals surface area contributed by atoms with E-state index in [1.54, 1.807) is 16.2 Å². The third-order valence-electron chi connectivity index (χ3n) is 4.29. The summed E-state index contributed by atoms with van der Waals surface area (Å²) in [5.41, 5.74) is 4.25. The van der Waals surface area contributed by atoms with E-state index in [-0.39, 0.29) is 5.91 Å². The summed E-state index contributed by atoms with van der Waals surface area (Å²) in [7, 11) is 0. The van der Waals surface area contributed by atoms with Gasteiger partial charge in [-0.15, -0.1) is 11.3 Å². The molecule has 1 aliphatic heterocycles. The zero-order valence-corrected chi connectivity index (χ0v) is 15.1. The number of carbonyl (C=O) groups is 1. The second kappa shape index (κ2) is 7.54. The average molecular weight is 361 g/mol. The number of aromatic nitrogens is 2. The number of amides is 1. The summed E-state index contributed by atoms with van der Waals surface area (Å²) < 4.78 is 0. The maximum Gasteiger partial charge on any atom is 0.235 e. The molecular weight excluding hydrogens is 342 g/mol. The van der Waals surface area contributed by atoms with Crippen molar-refractivity contribution in [1.82, 2.24) is 15.1 Å². The van der Waals surface area contributed by atoms with Crippen LogP contribution in [0.2, 0.25) is 0 Å². The molecule has 0 atom stereocenters. The number of allylic oxidation sites excluding steroid dienone is 2. The van der Waals surface area contributed by atoms with E-state index in [1.165, 1.54) is 5.56 Å². The Kier molecular flexibility index (Phi) is 4.80. The van der Waals surface area contributed by atoms with Crippen molar-refractivity contribution >= 4 is 22.8 Å². The molecule has 0 radical (unpaired) electrons. The normalized spacial score (nSPS) is 13.7. The van der Waals surface area contributed by atoms with Crippen molar-refractivity contribution in [2.24, 2.45) is 0 Å². The van der Waals surface area contributed by atoms with Crippen LogP contribution < -0.4 is 0 Å². The Morgan fingerprint density at radius 2 is 2.08 bits per heavy atom. The Hall–Kier alpha value is -2.92. The molecule has 0 fully saturated rings. The van der Waals surface area contributed by atoms with Crippen LogP contribution in [-0.2, 0) is 17.6 Å². The molecular formula is C21H19N3OS. The molecule has 2 aromatic heterocycles. The lowest BCUT2D eigenvalue weighted by Gasteiger charge is -2.18. The van der Waals surface area contributed by atoms with Crippen molar-refractivity contribution in [2.45, 2.75) is 19.3 Å². The third-order valence-corrected chi connectivity index (χ3v) is 5.17. The van der Waals surface area contributed by atoms with Crippen LogP contribution in [0.25, 0.3) is 5.57 Å². The first-order valence-electron chi connectivity index (χ1n) is 8.57. The van der Waals surface area contributed by atoms with Gasteiger partial charge in [0.2, 0.25) is 5.91 Å². The highest BCUT2D eigenvalue weighted by Crippen LogP contribution is 2.24. The van der Waals surface area contributed by atoms with Gasteiger partial charge in [0.05, 0.1) is 12.1 Å². The lowest BCUT2D eigenvalue weighted by Crippen LogP contribution is -2.23. The number of aromatic amines is 1. The van der Waals surface area contributed by atoms with Crippen LogP contribution in [0.4, 0.5) is 0 Å². The fourth-order valence-electron chi connectivity index (χ4n) is 2.97. The van der Waals surface area contributed by atoms with E-state index in [4.69, 9.17) is 0 Å². The molecule has 1 amide bonds. The van der Waals surface area contributed by atoms with Gasteiger partial charge in [-0.1, -0.05) is 42.5 Å². The summed E-state index contributed by atoms with van der Waals surface area (Å²) in [5, 5.41) is 9.55. The van der Waals surface area contributed by atoms with Crippen LogP contribution in [0.1, 0.15) is 28.2 Å². The van der Waals surface area contributed by atoms with Crippen molar-refractivity contribution in [3.63, 3.8) is 0 Å². The summed E-state index contributed by atoms with van der Waals surface area (Å²) >= 11 is 1.61. The summed E-state index contributed by atoms with van der Waals surface area (Å²) in [5.74, 6) is 0.0703. The number of nitrogens with zero attached hydrogens (tertiary/aromatic N) is 2. The molecule has 0 bridgehead atoms. The first kappa shape index (κ1) is 16.5. The molecule has 4 nitrogen and oxygen atoms in total. The van der Waals surface area contributed by atoms with Gasteiger partial charge in [0.25, 0.3) is 0 Å². The molecule has 1 aliphatic rings. The molecule has 26 heavy (non-hydrogen) atoms. The van der Waals surface area contributed by atoms with E-state index in [9.17, 15) is 4.79 Å². The number of benzene rings is 1. The van der Waals surface area contributed by atoms with Gasteiger partial charge in [0, 0.05) is 35.0 Å². The van der Waals surface area contributed by atoms with E-state index >= 15 is 0 Å². The SMILES string of the molecule is O=C(Cc1cccs1)N1C=CCC(c2cc(Cc3ccccc3)[nH]n2)=C1. The van der Waals surface area contributed by atoms with E-state index in [1.807, 2.05) is 54.2 Å². The molecule has 4 rings (SSSR count). The number of hydrogen-bond donors (Lipinski definition) is 1. The molecule has 1 aromatic carbocycles. The summed E-state index contributed by atoms with van der Waals surface area (Å²) in [4.78, 5) is 15.2. The van der Waals surface area contributed by atoms with E-state index in [0.29, 0.717) is 6.42 Å². The largest absolute Gasteiger partial charge is 0.294 e. The highest BCUT2D eigenvalue weighted by Gasteiger charge is 2.16. The number of carbonyl (C=O) groups excluding carboxylic acids is 1. The van der Waals surface area contributed by atoms with Gasteiger partial charge in [0.15, 0.2) is 0 Å². The van der Waals surface area contributed by atoms with Gasteiger partial charge >= 0.3 is 0 Å². The number of rotatable bonds is 5. The monoisotopic (exact) mass is 361 g/mol. The first-order chi connectivity index (χ1) is 12.8. The number of thiophene rings is 1. The van der Waals surface area contributed by atoms with Crippen LogP contribution in [-0.4, -0.2) is 21.0 Å². The molecule has 0 saturated carbocycles. The molecule has 0 aliphatic carbocycles. The quantitative estimate of drug-likeness (QED) is 0.733. The highest BCUT2D eigenvalue weighted by atomic mass is 32.1. The molecule has 0 spiro atoms. The van der Waals surface area contributed by atoms with Crippen LogP contribution >= 0.6 is 11.3 Å². The predicted molar refractivity (Wildman–Crippen MR) is 104 cm³/mol. The fraction of sp³-hybridized carbons (Fsp3) is 0.143. The fourth-order valence-corrected chi connectivity index (χ4v) is 3.66. The number of H-pyrrole nitrogens is 1. The van der Waals surface area contributed by atoms with Gasteiger partial charge in [0.1, 0.15) is 0 Å². The molecule has 5 heteroatoms. The Balaban J connectivity index is 1.47. The van der Waals surface area contributed by atoms with Gasteiger partial charge in [-0.3, -0.25) is 14.8 Å². The van der Waals surface area contributed by atoms with Crippen LogP contribution in [0.5, 0.6) is 0 Å². The zero-order chi connectivity index (χ0) is 17.8. The minimum Gasteiger partial charge on any atom is -0.294 e. The Bertz CT molecular complexity index is 939. The zero-order valence-electron chi connectivity index (χ0n) is 14.3. The molecule has 1 N–H and O–H groups in total. The van der Waals surface area contributed by atoms with E-state index in [0.717, 1.165) is 34.7 Å². The minimum atomic E-state index is 0.0703. The number of nitrogens with one attached hydrogen (secondary N) is 1. The standard InChI is InChI=1S/C21H19N3OS/c25-21(14-19-9-5-11-26-19)24-10-4-8-17(15-24)20-13-18(22-23-20)12-16-6-2-1-3-7-16/h1-7,9-11,13,15H,8,12,14H2,(H,22,23). The topological polar surface area (TPSA) is 49.0 Å².